The molecule has 0 bridgehead atoms. The molecule has 1 N–H and O–H groups in total. The molecule has 2 aliphatic heterocycles. The summed E-state index contributed by atoms with van der Waals surface area (Å²) in [5, 5.41) is 0. The first kappa shape index (κ1) is 18.7. The maximum atomic E-state index is 12.9. The van der Waals surface area contributed by atoms with Gasteiger partial charge in [-0.3, -0.25) is 4.79 Å². The van der Waals surface area contributed by atoms with Crippen LogP contribution in [0.5, 0.6) is 0 Å². The number of aromatic nitrogens is 5. The Labute approximate surface area is 181 Å². The predicted octanol–water partition coefficient (Wildman–Crippen LogP) is 3.13. The van der Waals surface area contributed by atoms with Gasteiger partial charge >= 0.3 is 0 Å². The number of pyridine rings is 1. The van der Waals surface area contributed by atoms with Gasteiger partial charge in [-0.15, -0.1) is 0 Å². The van der Waals surface area contributed by atoms with Crippen LogP contribution in [0, 0.1) is 5.92 Å². The molecule has 3 aromatic rings. The zero-order chi connectivity index (χ0) is 20.8. The summed E-state index contributed by atoms with van der Waals surface area (Å²) in [6, 6.07) is 5.95. The minimum Gasteiger partial charge on any atom is -0.356 e. The molecule has 0 aromatic carbocycles. The molecule has 160 valence electrons. The van der Waals surface area contributed by atoms with Gasteiger partial charge in [0, 0.05) is 38.3 Å². The van der Waals surface area contributed by atoms with Crippen molar-refractivity contribution in [2.45, 2.75) is 44.4 Å². The number of aromatic amines is 1. The lowest BCUT2D eigenvalue weighted by Gasteiger charge is -2.34. The van der Waals surface area contributed by atoms with Gasteiger partial charge in [0.25, 0.3) is 0 Å². The van der Waals surface area contributed by atoms with Crippen LogP contribution in [0.4, 0.5) is 5.82 Å². The average Bonchev–Trinajstić information content (AvgIpc) is 3.35. The fraction of sp³-hybridized carbons (Fsp3) is 0.522. The lowest BCUT2D eigenvalue weighted by Crippen LogP contribution is -2.44. The molecule has 6 rings (SSSR count). The Kier molecular flexibility index (Phi) is 4.58. The van der Waals surface area contributed by atoms with E-state index in [2.05, 4.69) is 14.9 Å². The van der Waals surface area contributed by atoms with Gasteiger partial charge in [-0.2, -0.15) is 0 Å². The highest BCUT2D eigenvalue weighted by molar-refractivity contribution is 5.80. The summed E-state index contributed by atoms with van der Waals surface area (Å²) in [5.41, 5.74) is 2.39. The summed E-state index contributed by atoms with van der Waals surface area (Å²) >= 11 is 0. The third kappa shape index (κ3) is 3.64. The molecule has 8 nitrogen and oxygen atoms in total. The van der Waals surface area contributed by atoms with Crippen molar-refractivity contribution in [3.63, 3.8) is 0 Å². The van der Waals surface area contributed by atoms with E-state index < -0.39 is 0 Å². The summed E-state index contributed by atoms with van der Waals surface area (Å²) in [4.78, 5) is 39.1. The standard InChI is InChI=1S/C23H27N7O/c31-23(29-11-1-2-12-29)16-4-3-13-30(14-16)19-8-7-17-22(27-19)28-21(26-17)18-9-10-24-20(25-18)15-5-6-15/h7-10,15-16H,1-6,11-14H2,(H,26,27,28). The molecule has 2 saturated heterocycles. The van der Waals surface area contributed by atoms with Crippen molar-refractivity contribution in [2.75, 3.05) is 31.1 Å². The van der Waals surface area contributed by atoms with Gasteiger partial charge in [0.2, 0.25) is 5.91 Å². The van der Waals surface area contributed by atoms with Gasteiger partial charge in [0.1, 0.15) is 17.3 Å². The molecule has 8 heteroatoms. The maximum Gasteiger partial charge on any atom is 0.227 e. The molecule has 1 aliphatic carbocycles. The summed E-state index contributed by atoms with van der Waals surface area (Å²) in [7, 11) is 0. The molecule has 0 spiro atoms. The number of fused-ring (bicyclic) bond motifs is 1. The van der Waals surface area contributed by atoms with Gasteiger partial charge in [-0.05, 0) is 56.7 Å². The van der Waals surface area contributed by atoms with E-state index in [1.165, 1.54) is 12.8 Å². The molecule has 1 saturated carbocycles. The highest BCUT2D eigenvalue weighted by Crippen LogP contribution is 2.38. The molecule has 31 heavy (non-hydrogen) atoms. The number of carbonyl (C=O) groups is 1. The summed E-state index contributed by atoms with van der Waals surface area (Å²) in [5.74, 6) is 3.43. The van der Waals surface area contributed by atoms with Crippen LogP contribution in [-0.2, 0) is 4.79 Å². The average molecular weight is 418 g/mol. The zero-order valence-electron chi connectivity index (χ0n) is 17.6. The quantitative estimate of drug-likeness (QED) is 0.701. The Morgan fingerprint density at radius 3 is 2.68 bits per heavy atom. The van der Waals surface area contributed by atoms with E-state index in [1.807, 2.05) is 29.3 Å². The number of piperidine rings is 1. The van der Waals surface area contributed by atoms with Crippen LogP contribution >= 0.6 is 0 Å². The van der Waals surface area contributed by atoms with Gasteiger partial charge < -0.3 is 14.8 Å². The van der Waals surface area contributed by atoms with E-state index >= 15 is 0 Å². The molecular formula is C23H27N7O. The van der Waals surface area contributed by atoms with Crippen molar-refractivity contribution in [1.29, 1.82) is 0 Å². The number of hydrogen-bond acceptors (Lipinski definition) is 6. The zero-order valence-corrected chi connectivity index (χ0v) is 17.6. The van der Waals surface area contributed by atoms with E-state index in [9.17, 15) is 4.79 Å². The van der Waals surface area contributed by atoms with Gasteiger partial charge in [0.15, 0.2) is 11.5 Å². The first-order valence-corrected chi connectivity index (χ1v) is 11.5. The Balaban J connectivity index is 1.23. The number of hydrogen-bond donors (Lipinski definition) is 1. The Morgan fingerprint density at radius 1 is 0.968 bits per heavy atom. The maximum absolute atomic E-state index is 12.9. The van der Waals surface area contributed by atoms with Crippen LogP contribution < -0.4 is 4.90 Å². The third-order valence-corrected chi connectivity index (χ3v) is 6.70. The van der Waals surface area contributed by atoms with Crippen molar-refractivity contribution in [3.8, 4) is 11.5 Å². The molecule has 3 fully saturated rings. The summed E-state index contributed by atoms with van der Waals surface area (Å²) in [6.45, 7) is 3.50. The minimum atomic E-state index is 0.0703. The number of amides is 1. The van der Waals surface area contributed by atoms with Crippen molar-refractivity contribution in [3.05, 3.63) is 30.2 Å². The highest BCUT2D eigenvalue weighted by atomic mass is 16.2. The number of anilines is 1. The minimum absolute atomic E-state index is 0.0703. The van der Waals surface area contributed by atoms with E-state index in [1.54, 1.807) is 0 Å². The number of nitrogens with zero attached hydrogens (tertiary/aromatic N) is 6. The van der Waals surface area contributed by atoms with Crippen molar-refractivity contribution in [2.24, 2.45) is 5.92 Å². The molecule has 0 radical (unpaired) electrons. The molecule has 5 heterocycles. The van der Waals surface area contributed by atoms with E-state index in [4.69, 9.17) is 15.0 Å². The van der Waals surface area contributed by atoms with E-state index in [0.717, 1.165) is 80.5 Å². The number of likely N-dealkylation sites (tertiary alicyclic amines) is 1. The van der Waals surface area contributed by atoms with E-state index in [-0.39, 0.29) is 5.92 Å². The number of rotatable bonds is 4. The Hall–Kier alpha value is -3.03. The monoisotopic (exact) mass is 417 g/mol. The van der Waals surface area contributed by atoms with Gasteiger partial charge in [-0.1, -0.05) is 0 Å². The fourth-order valence-corrected chi connectivity index (χ4v) is 4.81. The van der Waals surface area contributed by atoms with Crippen LogP contribution in [-0.4, -0.2) is 61.9 Å². The summed E-state index contributed by atoms with van der Waals surface area (Å²) in [6.07, 6.45) is 8.41. The number of imidazole rings is 1. The van der Waals surface area contributed by atoms with Crippen LogP contribution in [0.1, 0.15) is 50.3 Å². The Morgan fingerprint density at radius 2 is 1.84 bits per heavy atom. The smallest absolute Gasteiger partial charge is 0.227 e. The van der Waals surface area contributed by atoms with Crippen molar-refractivity contribution < 1.29 is 4.79 Å². The second-order valence-corrected chi connectivity index (χ2v) is 9.02. The lowest BCUT2D eigenvalue weighted by molar-refractivity contribution is -0.134. The van der Waals surface area contributed by atoms with Crippen LogP contribution in [0.2, 0.25) is 0 Å². The molecule has 1 atom stereocenters. The fourth-order valence-electron chi connectivity index (χ4n) is 4.81. The van der Waals surface area contributed by atoms with Crippen LogP contribution in [0.3, 0.4) is 0 Å². The normalized spacial score (nSPS) is 21.7. The second kappa shape index (κ2) is 7.59. The van der Waals surface area contributed by atoms with Crippen molar-refractivity contribution in [1.82, 2.24) is 29.8 Å². The largest absolute Gasteiger partial charge is 0.356 e. The first-order valence-electron chi connectivity index (χ1n) is 11.5. The predicted molar refractivity (Wildman–Crippen MR) is 118 cm³/mol. The Bertz CT molecular complexity index is 1120. The topological polar surface area (TPSA) is 90.9 Å². The number of carbonyl (C=O) groups excluding carboxylic acids is 1. The molecular weight excluding hydrogens is 390 g/mol. The summed E-state index contributed by atoms with van der Waals surface area (Å²) < 4.78 is 0. The SMILES string of the molecule is O=C(C1CCCN(c2ccc3[nH]c(-c4ccnc(C5CC5)n4)nc3n2)C1)N1CCCC1. The molecule has 1 unspecified atom stereocenters. The van der Waals surface area contributed by atoms with Crippen LogP contribution in [0.25, 0.3) is 22.7 Å². The van der Waals surface area contributed by atoms with Crippen LogP contribution in [0.15, 0.2) is 24.4 Å². The molecule has 3 aromatic heterocycles. The lowest BCUT2D eigenvalue weighted by atomic mass is 9.96. The highest BCUT2D eigenvalue weighted by Gasteiger charge is 2.31. The van der Waals surface area contributed by atoms with Gasteiger partial charge in [0.05, 0.1) is 11.4 Å². The molecule has 3 aliphatic rings. The second-order valence-electron chi connectivity index (χ2n) is 9.02. The van der Waals surface area contributed by atoms with Crippen molar-refractivity contribution >= 4 is 22.9 Å². The number of H-pyrrole nitrogens is 1. The third-order valence-electron chi connectivity index (χ3n) is 6.70. The number of nitrogens with one attached hydrogen (secondary N) is 1. The first-order chi connectivity index (χ1) is 15.2. The van der Waals surface area contributed by atoms with Gasteiger partial charge in [-0.25, -0.2) is 19.9 Å². The molecule has 1 amide bonds. The van der Waals surface area contributed by atoms with E-state index in [0.29, 0.717) is 17.5 Å².